The van der Waals surface area contributed by atoms with E-state index in [0.717, 1.165) is 11.1 Å². The zero-order chi connectivity index (χ0) is 23.1. The third-order valence-electron chi connectivity index (χ3n) is 5.19. The second-order valence-electron chi connectivity index (χ2n) is 8.95. The van der Waals surface area contributed by atoms with Crippen molar-refractivity contribution in [2.75, 3.05) is 13.1 Å². The molecular weight excluding hydrogens is 411 g/mol. The molecule has 0 saturated carbocycles. The van der Waals surface area contributed by atoms with Crippen LogP contribution in [0.3, 0.4) is 0 Å². The molecule has 7 heteroatoms. The number of carbonyl (C=O) groups excluding carboxylic acids is 2. The van der Waals surface area contributed by atoms with E-state index >= 15 is 4.39 Å². The van der Waals surface area contributed by atoms with E-state index in [1.807, 2.05) is 60.7 Å². The fourth-order valence-corrected chi connectivity index (χ4v) is 3.64. The first-order chi connectivity index (χ1) is 15.2. The van der Waals surface area contributed by atoms with Crippen molar-refractivity contribution in [1.82, 2.24) is 9.80 Å². The Bertz CT molecular complexity index is 886. The van der Waals surface area contributed by atoms with Crippen LogP contribution in [0.4, 0.5) is 14.0 Å². The summed E-state index contributed by atoms with van der Waals surface area (Å²) in [5.74, 6) is 0. The Balaban J connectivity index is 1.70. The topological polar surface area (TPSA) is 59.1 Å². The number of carbonyl (C=O) groups is 2. The molecule has 0 bridgehead atoms. The summed E-state index contributed by atoms with van der Waals surface area (Å²) in [6.07, 6.45) is -2.23. The number of alkyl halides is 1. The van der Waals surface area contributed by atoms with Crippen molar-refractivity contribution in [3.63, 3.8) is 0 Å². The number of hydrogen-bond donors (Lipinski definition) is 0. The third kappa shape index (κ3) is 6.70. The van der Waals surface area contributed by atoms with Gasteiger partial charge in [-0.3, -0.25) is 4.90 Å². The summed E-state index contributed by atoms with van der Waals surface area (Å²) in [5, 5.41) is 0. The van der Waals surface area contributed by atoms with Gasteiger partial charge < -0.3 is 14.4 Å². The summed E-state index contributed by atoms with van der Waals surface area (Å²) >= 11 is 0. The van der Waals surface area contributed by atoms with Gasteiger partial charge in [0.2, 0.25) is 0 Å². The number of nitrogens with zero attached hydrogens (tertiary/aromatic N) is 2. The van der Waals surface area contributed by atoms with Gasteiger partial charge in [-0.25, -0.2) is 14.0 Å². The van der Waals surface area contributed by atoms with Crippen molar-refractivity contribution in [2.24, 2.45) is 0 Å². The van der Waals surface area contributed by atoms with Gasteiger partial charge in [-0.2, -0.15) is 0 Å². The minimum absolute atomic E-state index is 0.110. The van der Waals surface area contributed by atoms with E-state index in [2.05, 4.69) is 0 Å². The molecule has 1 aliphatic heterocycles. The Kier molecular flexibility index (Phi) is 7.72. The van der Waals surface area contributed by atoms with Gasteiger partial charge in [0.25, 0.3) is 0 Å². The maximum atomic E-state index is 15.3. The van der Waals surface area contributed by atoms with Crippen LogP contribution in [0.15, 0.2) is 60.7 Å². The fourth-order valence-electron chi connectivity index (χ4n) is 3.64. The van der Waals surface area contributed by atoms with Gasteiger partial charge in [-0.1, -0.05) is 60.7 Å². The van der Waals surface area contributed by atoms with E-state index < -0.39 is 30.0 Å². The molecule has 0 radical (unpaired) electrons. The second kappa shape index (κ2) is 10.5. The number of amides is 2. The van der Waals surface area contributed by atoms with Crippen LogP contribution in [0.2, 0.25) is 0 Å². The lowest BCUT2D eigenvalue weighted by atomic mass is 10.0. The number of ether oxygens (including phenoxy) is 2. The van der Waals surface area contributed by atoms with Crippen molar-refractivity contribution in [2.45, 2.75) is 58.2 Å². The molecule has 2 unspecified atom stereocenters. The van der Waals surface area contributed by atoms with Gasteiger partial charge in [-0.15, -0.1) is 0 Å². The number of halogens is 1. The molecule has 0 N–H and O–H groups in total. The van der Waals surface area contributed by atoms with Crippen molar-refractivity contribution in [3.05, 3.63) is 71.8 Å². The molecule has 32 heavy (non-hydrogen) atoms. The molecule has 2 aromatic carbocycles. The predicted molar refractivity (Wildman–Crippen MR) is 120 cm³/mol. The van der Waals surface area contributed by atoms with Crippen molar-refractivity contribution in [1.29, 1.82) is 0 Å². The maximum Gasteiger partial charge on any atom is 0.410 e. The average molecular weight is 443 g/mol. The number of piperidine rings is 1. The summed E-state index contributed by atoms with van der Waals surface area (Å²) in [7, 11) is 0. The maximum absolute atomic E-state index is 15.3. The molecule has 1 saturated heterocycles. The first-order valence-corrected chi connectivity index (χ1v) is 10.9. The molecule has 2 atom stereocenters. The minimum atomic E-state index is -1.41. The Labute approximate surface area is 188 Å². The molecule has 1 aliphatic rings. The van der Waals surface area contributed by atoms with Gasteiger partial charge in [0, 0.05) is 13.1 Å². The van der Waals surface area contributed by atoms with Gasteiger partial charge in [-0.05, 0) is 38.3 Å². The zero-order valence-corrected chi connectivity index (χ0v) is 18.9. The lowest BCUT2D eigenvalue weighted by Gasteiger charge is -2.40. The summed E-state index contributed by atoms with van der Waals surface area (Å²) in [5.41, 5.74) is 1.09. The van der Waals surface area contributed by atoms with Crippen molar-refractivity contribution in [3.8, 4) is 0 Å². The molecule has 2 amide bonds. The standard InChI is InChI=1S/C25H31FN2O4/c1-25(2,3)32-23(29)27-15-14-22(21(26)17-27)28(16-19-10-6-4-7-11-19)24(30)31-18-20-12-8-5-9-13-20/h4-13,21-22H,14-18H2,1-3H3. The quantitative estimate of drug-likeness (QED) is 0.641. The van der Waals surface area contributed by atoms with Gasteiger partial charge in [0.05, 0.1) is 12.6 Å². The SMILES string of the molecule is CC(C)(C)OC(=O)N1CCC(N(Cc2ccccc2)C(=O)OCc2ccccc2)C(F)C1. The highest BCUT2D eigenvalue weighted by Gasteiger charge is 2.39. The van der Waals surface area contributed by atoms with E-state index in [1.165, 1.54) is 9.80 Å². The van der Waals surface area contributed by atoms with Crippen LogP contribution >= 0.6 is 0 Å². The summed E-state index contributed by atoms with van der Waals surface area (Å²) in [4.78, 5) is 28.2. The Morgan fingerprint density at radius 1 is 1.03 bits per heavy atom. The molecule has 0 aromatic heterocycles. The monoisotopic (exact) mass is 442 g/mol. The van der Waals surface area contributed by atoms with E-state index in [4.69, 9.17) is 9.47 Å². The smallest absolute Gasteiger partial charge is 0.410 e. The van der Waals surface area contributed by atoms with Crippen molar-refractivity contribution < 1.29 is 23.5 Å². The van der Waals surface area contributed by atoms with Gasteiger partial charge in [0.1, 0.15) is 18.4 Å². The van der Waals surface area contributed by atoms with Gasteiger partial charge in [0.15, 0.2) is 0 Å². The first-order valence-electron chi connectivity index (χ1n) is 10.9. The largest absolute Gasteiger partial charge is 0.445 e. The second-order valence-corrected chi connectivity index (χ2v) is 8.95. The van der Waals surface area contributed by atoms with Crippen LogP contribution in [-0.2, 0) is 22.6 Å². The number of rotatable bonds is 5. The van der Waals surface area contributed by atoms with Crippen LogP contribution in [0, 0.1) is 0 Å². The lowest BCUT2D eigenvalue weighted by Crippen LogP contribution is -2.55. The van der Waals surface area contributed by atoms with Crippen LogP contribution < -0.4 is 0 Å². The molecule has 1 fully saturated rings. The van der Waals surface area contributed by atoms with Crippen LogP contribution in [0.5, 0.6) is 0 Å². The molecule has 0 aliphatic carbocycles. The van der Waals surface area contributed by atoms with Gasteiger partial charge >= 0.3 is 12.2 Å². The predicted octanol–water partition coefficient (Wildman–Crippen LogP) is 5.17. The van der Waals surface area contributed by atoms with Crippen LogP contribution in [0.1, 0.15) is 38.3 Å². The molecule has 3 rings (SSSR count). The molecule has 1 heterocycles. The minimum Gasteiger partial charge on any atom is -0.445 e. The third-order valence-corrected chi connectivity index (χ3v) is 5.19. The highest BCUT2D eigenvalue weighted by atomic mass is 19.1. The Hall–Kier alpha value is -3.09. The molecule has 2 aromatic rings. The fraction of sp³-hybridized carbons (Fsp3) is 0.440. The van der Waals surface area contributed by atoms with Crippen molar-refractivity contribution >= 4 is 12.2 Å². The normalized spacial score (nSPS) is 18.7. The first kappa shape index (κ1) is 23.6. The number of hydrogen-bond acceptors (Lipinski definition) is 4. The molecule has 172 valence electrons. The number of likely N-dealkylation sites (tertiary alicyclic amines) is 1. The highest BCUT2D eigenvalue weighted by molar-refractivity contribution is 5.69. The number of benzene rings is 2. The van der Waals surface area contributed by atoms with E-state index in [9.17, 15) is 9.59 Å². The molecule has 6 nitrogen and oxygen atoms in total. The van der Waals surface area contributed by atoms with Crippen LogP contribution in [0.25, 0.3) is 0 Å². The Morgan fingerprint density at radius 3 is 2.19 bits per heavy atom. The highest BCUT2D eigenvalue weighted by Crippen LogP contribution is 2.24. The summed E-state index contributed by atoms with van der Waals surface area (Å²) < 4.78 is 26.2. The molecule has 0 spiro atoms. The van der Waals surface area contributed by atoms with E-state index in [-0.39, 0.29) is 19.7 Å². The summed E-state index contributed by atoms with van der Waals surface area (Å²) in [6, 6.07) is 18.1. The van der Waals surface area contributed by atoms with E-state index in [0.29, 0.717) is 13.0 Å². The lowest BCUT2D eigenvalue weighted by molar-refractivity contribution is -0.00786. The molecular formula is C25H31FN2O4. The average Bonchev–Trinajstić information content (AvgIpc) is 2.76. The van der Waals surface area contributed by atoms with E-state index in [1.54, 1.807) is 20.8 Å². The zero-order valence-electron chi connectivity index (χ0n) is 18.9. The van der Waals surface area contributed by atoms with Crippen LogP contribution in [-0.4, -0.2) is 52.9 Å². The summed E-state index contributed by atoms with van der Waals surface area (Å²) in [6.45, 7) is 5.83. The Morgan fingerprint density at radius 2 is 1.62 bits per heavy atom.